The van der Waals surface area contributed by atoms with E-state index < -0.39 is 0 Å². The maximum atomic E-state index is 3.73. The molecule has 0 spiro atoms. The SMILES string of the molecule is CCC1(C)CN(C2(CC)CCC2)C(C)CN1. The maximum absolute atomic E-state index is 3.73. The molecule has 0 aromatic carbocycles. The molecule has 2 heteroatoms. The molecule has 2 nitrogen and oxygen atoms in total. The quantitative estimate of drug-likeness (QED) is 0.793. The zero-order chi connectivity index (χ0) is 11.8. The van der Waals surface area contributed by atoms with Crippen LogP contribution in [0.4, 0.5) is 0 Å². The Morgan fingerprint density at radius 2 is 1.94 bits per heavy atom. The Kier molecular flexibility index (Phi) is 3.33. The van der Waals surface area contributed by atoms with Crippen molar-refractivity contribution in [2.75, 3.05) is 13.1 Å². The predicted octanol–water partition coefficient (Wildman–Crippen LogP) is 2.78. The molecule has 0 amide bonds. The highest BCUT2D eigenvalue weighted by Gasteiger charge is 2.46. The van der Waals surface area contributed by atoms with Crippen LogP contribution in [-0.2, 0) is 0 Å². The van der Waals surface area contributed by atoms with Crippen molar-refractivity contribution in [3.8, 4) is 0 Å². The predicted molar refractivity (Wildman–Crippen MR) is 69.7 cm³/mol. The fraction of sp³-hybridized carbons (Fsp3) is 1.00. The van der Waals surface area contributed by atoms with Crippen LogP contribution in [0, 0.1) is 0 Å². The van der Waals surface area contributed by atoms with E-state index in [1.54, 1.807) is 0 Å². The lowest BCUT2D eigenvalue weighted by atomic mass is 9.71. The zero-order valence-corrected chi connectivity index (χ0v) is 11.5. The molecule has 1 aliphatic carbocycles. The van der Waals surface area contributed by atoms with Crippen molar-refractivity contribution in [3.05, 3.63) is 0 Å². The van der Waals surface area contributed by atoms with Crippen LogP contribution in [0.25, 0.3) is 0 Å². The lowest BCUT2D eigenvalue weighted by Gasteiger charge is -2.58. The largest absolute Gasteiger partial charge is 0.309 e. The number of hydrogen-bond acceptors (Lipinski definition) is 2. The first-order valence-electron chi connectivity index (χ1n) is 7.07. The van der Waals surface area contributed by atoms with Crippen LogP contribution < -0.4 is 5.32 Å². The molecule has 2 rings (SSSR count). The van der Waals surface area contributed by atoms with Gasteiger partial charge in [0, 0.05) is 30.2 Å². The fourth-order valence-electron chi connectivity index (χ4n) is 3.39. The molecule has 1 saturated carbocycles. The van der Waals surface area contributed by atoms with E-state index in [1.807, 2.05) is 0 Å². The van der Waals surface area contributed by atoms with E-state index in [0.29, 0.717) is 17.1 Å². The van der Waals surface area contributed by atoms with Gasteiger partial charge in [-0.15, -0.1) is 0 Å². The van der Waals surface area contributed by atoms with Gasteiger partial charge >= 0.3 is 0 Å². The first kappa shape index (κ1) is 12.4. The van der Waals surface area contributed by atoms with Gasteiger partial charge in [-0.3, -0.25) is 4.90 Å². The van der Waals surface area contributed by atoms with Crippen molar-refractivity contribution in [3.63, 3.8) is 0 Å². The highest BCUT2D eigenvalue weighted by atomic mass is 15.3. The minimum atomic E-state index is 0.338. The zero-order valence-electron chi connectivity index (χ0n) is 11.5. The van der Waals surface area contributed by atoms with Gasteiger partial charge in [0.25, 0.3) is 0 Å². The topological polar surface area (TPSA) is 15.3 Å². The Hall–Kier alpha value is -0.0800. The van der Waals surface area contributed by atoms with Gasteiger partial charge in [-0.05, 0) is 46.0 Å². The van der Waals surface area contributed by atoms with Crippen molar-refractivity contribution < 1.29 is 0 Å². The summed E-state index contributed by atoms with van der Waals surface area (Å²) in [5.41, 5.74) is 0.891. The van der Waals surface area contributed by atoms with Gasteiger partial charge < -0.3 is 5.32 Å². The molecule has 94 valence electrons. The van der Waals surface area contributed by atoms with Crippen LogP contribution in [0.3, 0.4) is 0 Å². The van der Waals surface area contributed by atoms with Crippen LogP contribution in [0.2, 0.25) is 0 Å². The van der Waals surface area contributed by atoms with Crippen molar-refractivity contribution >= 4 is 0 Å². The smallest absolute Gasteiger partial charge is 0.0278 e. The van der Waals surface area contributed by atoms with Gasteiger partial charge in [0.1, 0.15) is 0 Å². The van der Waals surface area contributed by atoms with Gasteiger partial charge in [-0.1, -0.05) is 13.8 Å². The lowest BCUT2D eigenvalue weighted by molar-refractivity contribution is -0.0546. The lowest BCUT2D eigenvalue weighted by Crippen LogP contribution is -2.69. The van der Waals surface area contributed by atoms with Crippen molar-refractivity contribution in [2.24, 2.45) is 0 Å². The number of hydrogen-bond donors (Lipinski definition) is 1. The molecule has 0 aromatic rings. The van der Waals surface area contributed by atoms with E-state index in [2.05, 4.69) is 37.9 Å². The Balaban J connectivity index is 2.12. The van der Waals surface area contributed by atoms with Crippen molar-refractivity contribution in [2.45, 2.75) is 76.9 Å². The normalized spacial score (nSPS) is 39.4. The molecule has 1 aliphatic heterocycles. The van der Waals surface area contributed by atoms with E-state index in [4.69, 9.17) is 0 Å². The molecule has 0 aromatic heterocycles. The maximum Gasteiger partial charge on any atom is 0.0278 e. The summed E-state index contributed by atoms with van der Waals surface area (Å²) in [6, 6.07) is 0.708. The van der Waals surface area contributed by atoms with E-state index >= 15 is 0 Å². The number of rotatable bonds is 3. The van der Waals surface area contributed by atoms with E-state index in [-0.39, 0.29) is 0 Å². The van der Waals surface area contributed by atoms with Crippen LogP contribution in [0.5, 0.6) is 0 Å². The second-order valence-corrected chi connectivity index (χ2v) is 6.20. The molecule has 0 bridgehead atoms. The molecule has 2 unspecified atom stereocenters. The Labute approximate surface area is 101 Å². The summed E-state index contributed by atoms with van der Waals surface area (Å²) >= 11 is 0. The standard InChI is InChI=1S/C14H28N2/c1-5-13(4)11-16(12(3)10-15-13)14(6-2)8-7-9-14/h12,15H,5-11H2,1-4H3. The summed E-state index contributed by atoms with van der Waals surface area (Å²) in [4.78, 5) is 2.82. The van der Waals surface area contributed by atoms with Crippen LogP contribution >= 0.6 is 0 Å². The third-order valence-electron chi connectivity index (χ3n) is 5.21. The van der Waals surface area contributed by atoms with E-state index in [1.165, 1.54) is 38.6 Å². The summed E-state index contributed by atoms with van der Waals surface area (Å²) in [5, 5.41) is 3.73. The molecular formula is C14H28N2. The van der Waals surface area contributed by atoms with Crippen LogP contribution in [0.15, 0.2) is 0 Å². The third-order valence-corrected chi connectivity index (χ3v) is 5.21. The summed E-state index contributed by atoms with van der Waals surface area (Å²) in [6.45, 7) is 11.8. The van der Waals surface area contributed by atoms with Gasteiger partial charge in [-0.25, -0.2) is 0 Å². The molecule has 2 aliphatic rings. The Morgan fingerprint density at radius 1 is 1.25 bits per heavy atom. The molecular weight excluding hydrogens is 196 g/mol. The molecule has 2 fully saturated rings. The highest BCUT2D eigenvalue weighted by molar-refractivity contribution is 5.04. The molecule has 0 radical (unpaired) electrons. The van der Waals surface area contributed by atoms with Crippen LogP contribution in [-0.4, -0.2) is 35.1 Å². The fourth-order valence-corrected chi connectivity index (χ4v) is 3.39. The second-order valence-electron chi connectivity index (χ2n) is 6.20. The molecule has 1 N–H and O–H groups in total. The monoisotopic (exact) mass is 224 g/mol. The second kappa shape index (κ2) is 4.30. The van der Waals surface area contributed by atoms with E-state index in [0.717, 1.165) is 6.54 Å². The minimum absolute atomic E-state index is 0.338. The third kappa shape index (κ3) is 1.91. The highest BCUT2D eigenvalue weighted by Crippen LogP contribution is 2.43. The molecule has 16 heavy (non-hydrogen) atoms. The van der Waals surface area contributed by atoms with Gasteiger partial charge in [0.05, 0.1) is 0 Å². The minimum Gasteiger partial charge on any atom is -0.309 e. The molecule has 1 heterocycles. The number of nitrogens with zero attached hydrogens (tertiary/aromatic N) is 1. The van der Waals surface area contributed by atoms with E-state index in [9.17, 15) is 0 Å². The average molecular weight is 224 g/mol. The summed E-state index contributed by atoms with van der Waals surface area (Å²) in [5.74, 6) is 0. The number of nitrogens with one attached hydrogen (secondary N) is 1. The summed E-state index contributed by atoms with van der Waals surface area (Å²) in [7, 11) is 0. The van der Waals surface area contributed by atoms with Crippen molar-refractivity contribution in [1.82, 2.24) is 10.2 Å². The molecule has 1 saturated heterocycles. The van der Waals surface area contributed by atoms with Gasteiger partial charge in [-0.2, -0.15) is 0 Å². The number of piperazine rings is 1. The average Bonchev–Trinajstić information content (AvgIpc) is 2.23. The summed E-state index contributed by atoms with van der Waals surface area (Å²) < 4.78 is 0. The van der Waals surface area contributed by atoms with Gasteiger partial charge in [0.2, 0.25) is 0 Å². The first-order chi connectivity index (χ1) is 7.55. The Bertz CT molecular complexity index is 242. The van der Waals surface area contributed by atoms with Crippen LogP contribution in [0.1, 0.15) is 59.8 Å². The van der Waals surface area contributed by atoms with Crippen molar-refractivity contribution in [1.29, 1.82) is 0 Å². The van der Waals surface area contributed by atoms with Gasteiger partial charge in [0.15, 0.2) is 0 Å². The Morgan fingerprint density at radius 3 is 2.38 bits per heavy atom. The molecule has 2 atom stereocenters. The summed E-state index contributed by atoms with van der Waals surface area (Å²) in [6.07, 6.45) is 6.85. The first-order valence-corrected chi connectivity index (χ1v) is 7.07.